The Balaban J connectivity index is 2.23. The van der Waals surface area contributed by atoms with Crippen molar-refractivity contribution in [2.45, 2.75) is 19.6 Å². The van der Waals surface area contributed by atoms with Crippen LogP contribution in [0.5, 0.6) is 0 Å². The van der Waals surface area contributed by atoms with Crippen LogP contribution in [0.25, 0.3) is 32.3 Å². The van der Waals surface area contributed by atoms with E-state index in [0.29, 0.717) is 0 Å². The lowest BCUT2D eigenvalue weighted by Crippen LogP contribution is -2.37. The molecule has 0 heterocycles. The number of hydrogen-bond acceptors (Lipinski definition) is 0. The van der Waals surface area contributed by atoms with E-state index in [9.17, 15) is 0 Å². The van der Waals surface area contributed by atoms with Gasteiger partial charge in [-0.2, -0.15) is 0 Å². The second kappa shape index (κ2) is 4.31. The summed E-state index contributed by atoms with van der Waals surface area (Å²) in [7, 11) is -1.30. The standard InChI is InChI=1S/C19H17BrSi/c1-21(2,3)17-10-14-6-4-12-8-16(20)9-13-5-7-15(11-17)19(14)18(12)13/h4-11H,1-3H3. The minimum atomic E-state index is -1.30. The van der Waals surface area contributed by atoms with Crippen molar-refractivity contribution >= 4 is 61.5 Å². The molecule has 0 saturated carbocycles. The Morgan fingerprint density at radius 2 is 1.05 bits per heavy atom. The average molecular weight is 353 g/mol. The van der Waals surface area contributed by atoms with Gasteiger partial charge in [0.25, 0.3) is 0 Å². The molecule has 0 aliphatic rings. The van der Waals surface area contributed by atoms with E-state index in [-0.39, 0.29) is 0 Å². The number of rotatable bonds is 1. The van der Waals surface area contributed by atoms with Crippen molar-refractivity contribution in [3.63, 3.8) is 0 Å². The Labute approximate surface area is 134 Å². The number of hydrogen-bond donors (Lipinski definition) is 0. The molecule has 0 fully saturated rings. The van der Waals surface area contributed by atoms with Crippen LogP contribution < -0.4 is 5.19 Å². The summed E-state index contributed by atoms with van der Waals surface area (Å²) in [6.45, 7) is 7.24. The SMILES string of the molecule is C[Si](C)(C)c1cc2ccc3cc(Br)cc4ccc(c1)c2c34. The monoisotopic (exact) mass is 352 g/mol. The van der Waals surface area contributed by atoms with Crippen LogP contribution in [0.2, 0.25) is 19.6 Å². The Morgan fingerprint density at radius 1 is 0.667 bits per heavy atom. The van der Waals surface area contributed by atoms with E-state index in [1.807, 2.05) is 0 Å². The largest absolute Gasteiger partial charge is 0.0776 e. The second-order valence-corrected chi connectivity index (χ2v) is 12.9. The van der Waals surface area contributed by atoms with Gasteiger partial charge in [-0.05, 0) is 44.5 Å². The molecule has 0 saturated heterocycles. The van der Waals surface area contributed by atoms with Gasteiger partial charge in [0.2, 0.25) is 0 Å². The summed E-state index contributed by atoms with van der Waals surface area (Å²) < 4.78 is 1.15. The maximum Gasteiger partial charge on any atom is 0.0776 e. The maximum absolute atomic E-state index is 3.62. The quantitative estimate of drug-likeness (QED) is 0.296. The third-order valence-electron chi connectivity index (χ3n) is 4.36. The predicted octanol–water partition coefficient (Wildman–Crippen LogP) is 5.89. The molecule has 0 N–H and O–H groups in total. The highest BCUT2D eigenvalue weighted by Crippen LogP contribution is 2.36. The molecule has 0 atom stereocenters. The summed E-state index contributed by atoms with van der Waals surface area (Å²) in [6.07, 6.45) is 0. The van der Waals surface area contributed by atoms with E-state index >= 15 is 0 Å². The van der Waals surface area contributed by atoms with Crippen molar-refractivity contribution < 1.29 is 0 Å². The van der Waals surface area contributed by atoms with Gasteiger partial charge < -0.3 is 0 Å². The van der Waals surface area contributed by atoms with Gasteiger partial charge in [0.15, 0.2) is 0 Å². The first-order valence-corrected chi connectivity index (χ1v) is 11.6. The fourth-order valence-electron chi connectivity index (χ4n) is 3.23. The van der Waals surface area contributed by atoms with Gasteiger partial charge in [-0.25, -0.2) is 0 Å². The summed E-state index contributed by atoms with van der Waals surface area (Å²) in [5.74, 6) is 0. The fraction of sp³-hybridized carbons (Fsp3) is 0.158. The zero-order chi connectivity index (χ0) is 14.8. The zero-order valence-corrected chi connectivity index (χ0v) is 15.1. The van der Waals surface area contributed by atoms with Crippen LogP contribution in [0, 0.1) is 0 Å². The Morgan fingerprint density at radius 3 is 1.43 bits per heavy atom. The van der Waals surface area contributed by atoms with E-state index in [0.717, 1.165) is 4.47 Å². The molecule has 0 spiro atoms. The first kappa shape index (κ1) is 13.3. The molecule has 0 aliphatic heterocycles. The minimum absolute atomic E-state index is 1.15. The van der Waals surface area contributed by atoms with Gasteiger partial charge in [0.05, 0.1) is 8.07 Å². The van der Waals surface area contributed by atoms with Gasteiger partial charge in [-0.15, -0.1) is 0 Å². The molecule has 0 bridgehead atoms. The Hall–Kier alpha value is -1.38. The van der Waals surface area contributed by atoms with Gasteiger partial charge in [0.1, 0.15) is 0 Å². The van der Waals surface area contributed by atoms with E-state index in [2.05, 4.69) is 84.1 Å². The van der Waals surface area contributed by atoms with Crippen LogP contribution in [-0.4, -0.2) is 8.07 Å². The molecule has 2 heteroatoms. The van der Waals surface area contributed by atoms with Crippen LogP contribution in [0.15, 0.2) is 53.0 Å². The van der Waals surface area contributed by atoms with Crippen molar-refractivity contribution in [1.82, 2.24) is 0 Å². The van der Waals surface area contributed by atoms with Crippen LogP contribution >= 0.6 is 15.9 Å². The predicted molar refractivity (Wildman–Crippen MR) is 101 cm³/mol. The average Bonchev–Trinajstić information content (AvgIpc) is 2.42. The van der Waals surface area contributed by atoms with Crippen molar-refractivity contribution in [2.24, 2.45) is 0 Å². The topological polar surface area (TPSA) is 0 Å². The molecule has 4 rings (SSSR count). The lowest BCUT2D eigenvalue weighted by molar-refractivity contribution is 1.72. The molecule has 21 heavy (non-hydrogen) atoms. The summed E-state index contributed by atoms with van der Waals surface area (Å²) in [5, 5.41) is 9.75. The Kier molecular flexibility index (Phi) is 2.73. The van der Waals surface area contributed by atoms with E-state index in [1.165, 1.54) is 37.5 Å². The number of halogens is 1. The molecule has 0 radical (unpaired) electrons. The van der Waals surface area contributed by atoms with E-state index in [1.54, 1.807) is 0 Å². The van der Waals surface area contributed by atoms with Crippen LogP contribution in [0.3, 0.4) is 0 Å². The molecular weight excluding hydrogens is 336 g/mol. The zero-order valence-electron chi connectivity index (χ0n) is 12.5. The highest BCUT2D eigenvalue weighted by atomic mass is 79.9. The van der Waals surface area contributed by atoms with Gasteiger partial charge in [-0.3, -0.25) is 0 Å². The highest BCUT2D eigenvalue weighted by molar-refractivity contribution is 9.10. The van der Waals surface area contributed by atoms with Crippen LogP contribution in [0.4, 0.5) is 0 Å². The molecule has 0 unspecified atom stereocenters. The lowest BCUT2D eigenvalue weighted by Gasteiger charge is -2.19. The van der Waals surface area contributed by atoms with E-state index in [4.69, 9.17) is 0 Å². The molecule has 4 aromatic rings. The van der Waals surface area contributed by atoms with Crippen molar-refractivity contribution in [3.8, 4) is 0 Å². The smallest absolute Gasteiger partial charge is 0.0656 e. The van der Waals surface area contributed by atoms with Crippen molar-refractivity contribution in [2.75, 3.05) is 0 Å². The van der Waals surface area contributed by atoms with Crippen molar-refractivity contribution in [3.05, 3.63) is 53.0 Å². The molecule has 0 aliphatic carbocycles. The minimum Gasteiger partial charge on any atom is -0.0656 e. The van der Waals surface area contributed by atoms with Crippen molar-refractivity contribution in [1.29, 1.82) is 0 Å². The van der Waals surface area contributed by atoms with Gasteiger partial charge in [-0.1, -0.05) is 77.2 Å². The molecule has 0 amide bonds. The fourth-order valence-corrected chi connectivity index (χ4v) is 4.90. The number of benzene rings is 4. The molecule has 0 nitrogen and oxygen atoms in total. The van der Waals surface area contributed by atoms with Gasteiger partial charge >= 0.3 is 0 Å². The third-order valence-corrected chi connectivity index (χ3v) is 6.84. The van der Waals surface area contributed by atoms with E-state index < -0.39 is 8.07 Å². The lowest BCUT2D eigenvalue weighted by atomic mass is 9.94. The summed E-state index contributed by atoms with van der Waals surface area (Å²) in [6, 6.07) is 18.3. The Bertz CT molecular complexity index is 913. The van der Waals surface area contributed by atoms with Crippen LogP contribution in [0.1, 0.15) is 0 Å². The summed E-state index contributed by atoms with van der Waals surface area (Å²) >= 11 is 3.62. The first-order valence-electron chi connectivity index (χ1n) is 7.32. The maximum atomic E-state index is 3.62. The second-order valence-electron chi connectivity index (χ2n) is 6.91. The molecule has 4 aromatic carbocycles. The molecular formula is C19H17BrSi. The summed E-state index contributed by atoms with van der Waals surface area (Å²) in [5.41, 5.74) is 0. The van der Waals surface area contributed by atoms with Gasteiger partial charge in [0, 0.05) is 4.47 Å². The first-order chi connectivity index (χ1) is 9.93. The van der Waals surface area contributed by atoms with Crippen LogP contribution in [-0.2, 0) is 0 Å². The summed E-state index contributed by atoms with van der Waals surface area (Å²) in [4.78, 5) is 0. The normalized spacial score (nSPS) is 12.8. The molecule has 104 valence electrons. The highest BCUT2D eigenvalue weighted by Gasteiger charge is 2.18. The third kappa shape index (κ3) is 2.01. The molecule has 0 aromatic heterocycles.